The van der Waals surface area contributed by atoms with Crippen LogP contribution >= 0.6 is 11.6 Å². The van der Waals surface area contributed by atoms with Gasteiger partial charge < -0.3 is 15.4 Å². The zero-order valence-electron chi connectivity index (χ0n) is 12.8. The summed E-state index contributed by atoms with van der Waals surface area (Å²) in [6.07, 6.45) is 2.13. The highest BCUT2D eigenvalue weighted by atomic mass is 35.5. The molecule has 2 N–H and O–H groups in total. The van der Waals surface area contributed by atoms with Gasteiger partial charge in [-0.3, -0.25) is 4.79 Å². The number of carbonyl (C=O) groups excluding carboxylic acids is 1. The summed E-state index contributed by atoms with van der Waals surface area (Å²) in [6.45, 7) is 7.55. The number of halogens is 1. The largest absolute Gasteiger partial charge is 0.492 e. The molecule has 1 saturated heterocycles. The molecule has 1 aromatic carbocycles. The highest BCUT2D eigenvalue weighted by Gasteiger charge is 2.37. The number of ether oxygens (including phenoxy) is 1. The van der Waals surface area contributed by atoms with Gasteiger partial charge in [-0.15, -0.1) is 0 Å². The first kappa shape index (κ1) is 16.1. The number of nitrogens with one attached hydrogen (secondary N) is 2. The lowest BCUT2D eigenvalue weighted by Crippen LogP contribution is -2.53. The van der Waals surface area contributed by atoms with Crippen molar-refractivity contribution in [2.75, 3.05) is 18.5 Å². The lowest BCUT2D eigenvalue weighted by molar-refractivity contribution is -0.121. The fourth-order valence-corrected chi connectivity index (χ4v) is 2.92. The summed E-state index contributed by atoms with van der Waals surface area (Å²) in [4.78, 5) is 12.6. The zero-order chi connectivity index (χ0) is 15.5. The van der Waals surface area contributed by atoms with Crippen LogP contribution in [0.15, 0.2) is 18.2 Å². The molecule has 1 unspecified atom stereocenters. The van der Waals surface area contributed by atoms with Crippen molar-refractivity contribution in [1.82, 2.24) is 5.32 Å². The summed E-state index contributed by atoms with van der Waals surface area (Å²) in [6, 6.07) is 5.05. The summed E-state index contributed by atoms with van der Waals surface area (Å²) in [5, 5.41) is 6.83. The van der Waals surface area contributed by atoms with Gasteiger partial charge in [0.05, 0.1) is 18.3 Å². The summed E-state index contributed by atoms with van der Waals surface area (Å²) < 4.78 is 5.54. The first-order valence-corrected chi connectivity index (χ1v) is 7.78. The molecule has 1 fully saturated rings. The topological polar surface area (TPSA) is 50.4 Å². The Hall–Kier alpha value is -1.26. The minimum Gasteiger partial charge on any atom is -0.492 e. The van der Waals surface area contributed by atoms with Crippen LogP contribution in [0, 0.1) is 5.41 Å². The molecule has 5 heteroatoms. The summed E-state index contributed by atoms with van der Waals surface area (Å²) in [5.74, 6) is 0.604. The Morgan fingerprint density at radius 1 is 1.52 bits per heavy atom. The Balaban J connectivity index is 2.17. The molecular formula is C16H23ClN2O2. The van der Waals surface area contributed by atoms with Gasteiger partial charge >= 0.3 is 0 Å². The van der Waals surface area contributed by atoms with Gasteiger partial charge in [0, 0.05) is 5.02 Å². The van der Waals surface area contributed by atoms with E-state index in [1.165, 1.54) is 0 Å². The maximum absolute atomic E-state index is 12.6. The second-order valence-corrected chi connectivity index (χ2v) is 6.48. The van der Waals surface area contributed by atoms with E-state index in [-0.39, 0.29) is 17.4 Å². The fourth-order valence-electron chi connectivity index (χ4n) is 2.74. The van der Waals surface area contributed by atoms with E-state index in [0.29, 0.717) is 23.1 Å². The van der Waals surface area contributed by atoms with Crippen molar-refractivity contribution in [1.29, 1.82) is 0 Å². The van der Waals surface area contributed by atoms with Crippen molar-refractivity contribution in [3.63, 3.8) is 0 Å². The molecule has 0 saturated carbocycles. The van der Waals surface area contributed by atoms with Crippen LogP contribution in [0.3, 0.4) is 0 Å². The van der Waals surface area contributed by atoms with E-state index in [1.54, 1.807) is 18.2 Å². The Morgan fingerprint density at radius 3 is 2.95 bits per heavy atom. The Labute approximate surface area is 131 Å². The molecule has 116 valence electrons. The molecule has 0 radical (unpaired) electrons. The third-order valence-corrected chi connectivity index (χ3v) is 4.12. The van der Waals surface area contributed by atoms with Crippen molar-refractivity contribution in [3.8, 4) is 5.75 Å². The standard InChI is InChI=1S/C16H23ClN2O2/c1-4-21-13-7-6-11(17)10-12(13)19-15(20)14-16(2,3)8-5-9-18-14/h6-7,10,14,18H,4-5,8-9H2,1-3H3,(H,19,20). The monoisotopic (exact) mass is 310 g/mol. The van der Waals surface area contributed by atoms with Gasteiger partial charge in [-0.25, -0.2) is 0 Å². The Kier molecular flexibility index (Phi) is 5.12. The van der Waals surface area contributed by atoms with Crippen molar-refractivity contribution in [2.45, 2.75) is 39.7 Å². The lowest BCUT2D eigenvalue weighted by atomic mass is 9.77. The van der Waals surface area contributed by atoms with E-state index in [9.17, 15) is 4.79 Å². The van der Waals surface area contributed by atoms with Crippen molar-refractivity contribution in [3.05, 3.63) is 23.2 Å². The van der Waals surface area contributed by atoms with Crippen LogP contribution < -0.4 is 15.4 Å². The van der Waals surface area contributed by atoms with Crippen molar-refractivity contribution < 1.29 is 9.53 Å². The van der Waals surface area contributed by atoms with Gasteiger partial charge in [0.1, 0.15) is 5.75 Å². The van der Waals surface area contributed by atoms with Gasteiger partial charge in [0.25, 0.3) is 0 Å². The van der Waals surface area contributed by atoms with Gasteiger partial charge in [0.2, 0.25) is 5.91 Å². The zero-order valence-corrected chi connectivity index (χ0v) is 13.6. The highest BCUT2D eigenvalue weighted by molar-refractivity contribution is 6.31. The minimum atomic E-state index is -0.209. The molecule has 4 nitrogen and oxygen atoms in total. The third-order valence-electron chi connectivity index (χ3n) is 3.89. The quantitative estimate of drug-likeness (QED) is 0.895. The molecule has 1 aliphatic rings. The van der Waals surface area contributed by atoms with Crippen molar-refractivity contribution in [2.24, 2.45) is 5.41 Å². The fraction of sp³-hybridized carbons (Fsp3) is 0.562. The molecule has 1 amide bonds. The second kappa shape index (κ2) is 6.67. The predicted octanol–water partition coefficient (Wildman–Crippen LogP) is 3.46. The van der Waals surface area contributed by atoms with Crippen LogP contribution in [0.4, 0.5) is 5.69 Å². The van der Waals surface area contributed by atoms with E-state index in [2.05, 4.69) is 24.5 Å². The van der Waals surface area contributed by atoms with Crippen LogP contribution in [0.25, 0.3) is 0 Å². The number of benzene rings is 1. The van der Waals surface area contributed by atoms with Crippen molar-refractivity contribution >= 4 is 23.2 Å². The predicted molar refractivity (Wildman–Crippen MR) is 86.1 cm³/mol. The molecule has 1 aliphatic heterocycles. The number of hydrogen-bond donors (Lipinski definition) is 2. The SMILES string of the molecule is CCOc1ccc(Cl)cc1NC(=O)C1NCCCC1(C)C. The van der Waals surface area contributed by atoms with Crippen LogP contribution in [-0.4, -0.2) is 25.1 Å². The maximum Gasteiger partial charge on any atom is 0.242 e. The van der Waals surface area contributed by atoms with E-state index in [4.69, 9.17) is 16.3 Å². The average molecular weight is 311 g/mol. The molecule has 1 atom stereocenters. The van der Waals surface area contributed by atoms with E-state index < -0.39 is 0 Å². The molecule has 0 aliphatic carbocycles. The summed E-state index contributed by atoms with van der Waals surface area (Å²) >= 11 is 6.02. The van der Waals surface area contributed by atoms with E-state index in [1.807, 2.05) is 6.92 Å². The maximum atomic E-state index is 12.6. The number of carbonyl (C=O) groups is 1. The minimum absolute atomic E-state index is 0.0390. The highest BCUT2D eigenvalue weighted by Crippen LogP contribution is 2.33. The number of rotatable bonds is 4. The average Bonchev–Trinajstić information content (AvgIpc) is 2.41. The normalized spacial score (nSPS) is 20.9. The van der Waals surface area contributed by atoms with Gasteiger partial charge in [-0.05, 0) is 49.9 Å². The Bertz CT molecular complexity index is 517. The number of amides is 1. The Morgan fingerprint density at radius 2 is 2.29 bits per heavy atom. The molecule has 0 spiro atoms. The molecular weight excluding hydrogens is 288 g/mol. The smallest absolute Gasteiger partial charge is 0.242 e. The molecule has 0 aromatic heterocycles. The summed E-state index contributed by atoms with van der Waals surface area (Å²) in [7, 11) is 0. The van der Waals surface area contributed by atoms with Crippen LogP contribution in [0.5, 0.6) is 5.75 Å². The second-order valence-electron chi connectivity index (χ2n) is 6.04. The molecule has 0 bridgehead atoms. The van der Waals surface area contributed by atoms with Crippen LogP contribution in [-0.2, 0) is 4.79 Å². The molecule has 1 heterocycles. The number of hydrogen-bond acceptors (Lipinski definition) is 3. The van der Waals surface area contributed by atoms with E-state index >= 15 is 0 Å². The number of anilines is 1. The summed E-state index contributed by atoms with van der Waals surface area (Å²) in [5.41, 5.74) is 0.560. The first-order chi connectivity index (χ1) is 9.94. The molecule has 2 rings (SSSR count). The van der Waals surface area contributed by atoms with Crippen LogP contribution in [0.1, 0.15) is 33.6 Å². The molecule has 21 heavy (non-hydrogen) atoms. The lowest BCUT2D eigenvalue weighted by Gasteiger charge is -2.38. The third kappa shape index (κ3) is 3.89. The van der Waals surface area contributed by atoms with Gasteiger partial charge in [-0.2, -0.15) is 0 Å². The first-order valence-electron chi connectivity index (χ1n) is 7.40. The van der Waals surface area contributed by atoms with Gasteiger partial charge in [-0.1, -0.05) is 25.4 Å². The van der Waals surface area contributed by atoms with Crippen LogP contribution in [0.2, 0.25) is 5.02 Å². The molecule has 1 aromatic rings. The van der Waals surface area contributed by atoms with E-state index in [0.717, 1.165) is 19.4 Å². The number of piperidine rings is 1. The van der Waals surface area contributed by atoms with Gasteiger partial charge in [0.15, 0.2) is 0 Å².